The van der Waals surface area contributed by atoms with Crippen LogP contribution in [0.3, 0.4) is 0 Å². The van der Waals surface area contributed by atoms with Crippen LogP contribution in [0.2, 0.25) is 0 Å². The van der Waals surface area contributed by atoms with Crippen molar-refractivity contribution < 1.29 is 42.8 Å². The van der Waals surface area contributed by atoms with Crippen LogP contribution in [0.1, 0.15) is 43.5 Å². The first kappa shape index (κ1) is 35.3. The number of halogens is 2. The van der Waals surface area contributed by atoms with E-state index in [2.05, 4.69) is 43.8 Å². The molecule has 4 rings (SSSR count). The van der Waals surface area contributed by atoms with Crippen molar-refractivity contribution in [1.82, 2.24) is 16.1 Å². The van der Waals surface area contributed by atoms with Gasteiger partial charge >= 0.3 is 12.0 Å². The molecule has 1 aliphatic rings. The van der Waals surface area contributed by atoms with Crippen LogP contribution in [0.5, 0.6) is 23.0 Å². The molecule has 1 aliphatic heterocycles. The second-order valence-electron chi connectivity index (χ2n) is 10.1. The van der Waals surface area contributed by atoms with E-state index in [1.807, 2.05) is 13.0 Å². The highest BCUT2D eigenvalue weighted by Gasteiger charge is 2.32. The van der Waals surface area contributed by atoms with Gasteiger partial charge < -0.3 is 39.4 Å². The van der Waals surface area contributed by atoms with Crippen molar-refractivity contribution in [1.29, 1.82) is 0 Å². The average Bonchev–Trinajstić information content (AvgIpc) is 3.04. The second kappa shape index (κ2) is 16.8. The SMILES string of the molecule is CCOc1cc([C@@H]2NC(=O)NC(C)=C2C(=O)OC)ccc1OC[C@H](O)N/N=C\c1cc(I)c(OCc2ccccc2F)c(OCC)c1. The number of allylic oxidation sites excluding steroid dienone is 1. The van der Waals surface area contributed by atoms with Gasteiger partial charge in [0.2, 0.25) is 0 Å². The van der Waals surface area contributed by atoms with Crippen molar-refractivity contribution in [2.45, 2.75) is 39.6 Å². The summed E-state index contributed by atoms with van der Waals surface area (Å²) in [4.78, 5) is 24.6. The molecule has 0 fully saturated rings. The predicted molar refractivity (Wildman–Crippen MR) is 180 cm³/mol. The van der Waals surface area contributed by atoms with Crippen LogP contribution < -0.4 is 35.0 Å². The molecule has 0 aliphatic carbocycles. The summed E-state index contributed by atoms with van der Waals surface area (Å²) in [5.74, 6) is 0.717. The number of carbonyl (C=O) groups excluding carboxylic acids is 2. The molecule has 0 bridgehead atoms. The summed E-state index contributed by atoms with van der Waals surface area (Å²) < 4.78 is 43.0. The van der Waals surface area contributed by atoms with E-state index >= 15 is 0 Å². The maximum absolute atomic E-state index is 14.1. The van der Waals surface area contributed by atoms with E-state index in [1.165, 1.54) is 19.4 Å². The Balaban J connectivity index is 1.40. The zero-order chi connectivity index (χ0) is 33.9. The molecule has 4 N–H and O–H groups in total. The monoisotopic (exact) mass is 762 g/mol. The minimum atomic E-state index is -1.19. The maximum atomic E-state index is 14.1. The number of nitrogens with zero attached hydrogens (tertiary/aromatic N) is 1. The van der Waals surface area contributed by atoms with Gasteiger partial charge in [0.05, 0.1) is 41.7 Å². The van der Waals surface area contributed by atoms with Crippen molar-refractivity contribution >= 4 is 40.8 Å². The lowest BCUT2D eigenvalue weighted by Gasteiger charge is -2.28. The third-order valence-electron chi connectivity index (χ3n) is 6.77. The van der Waals surface area contributed by atoms with Gasteiger partial charge in [0.1, 0.15) is 19.0 Å². The van der Waals surface area contributed by atoms with Gasteiger partial charge in [-0.05, 0) is 84.8 Å². The highest BCUT2D eigenvalue weighted by Crippen LogP contribution is 2.36. The molecule has 2 amide bonds. The zero-order valence-electron chi connectivity index (χ0n) is 26.3. The number of rotatable bonds is 15. The van der Waals surface area contributed by atoms with Crippen LogP contribution in [0.4, 0.5) is 9.18 Å². The molecule has 47 heavy (non-hydrogen) atoms. The summed E-state index contributed by atoms with van der Waals surface area (Å²) >= 11 is 2.11. The Morgan fingerprint density at radius 1 is 1.06 bits per heavy atom. The molecular weight excluding hydrogens is 726 g/mol. The van der Waals surface area contributed by atoms with Gasteiger partial charge in [0.25, 0.3) is 0 Å². The maximum Gasteiger partial charge on any atom is 0.337 e. The van der Waals surface area contributed by atoms with Crippen molar-refractivity contribution in [3.8, 4) is 23.0 Å². The summed E-state index contributed by atoms with van der Waals surface area (Å²) in [7, 11) is 1.27. The molecule has 12 nitrogen and oxygen atoms in total. The number of hydrogen-bond donors (Lipinski definition) is 4. The number of hydrogen-bond acceptors (Lipinski definition) is 10. The number of carbonyl (C=O) groups is 2. The first-order chi connectivity index (χ1) is 22.6. The summed E-state index contributed by atoms with van der Waals surface area (Å²) in [6, 6.07) is 13.7. The third kappa shape index (κ3) is 9.25. The average molecular weight is 763 g/mol. The fraction of sp³-hybridized carbons (Fsp3) is 0.303. The fourth-order valence-corrected chi connectivity index (χ4v) is 5.43. The van der Waals surface area contributed by atoms with Gasteiger partial charge in [-0.2, -0.15) is 5.10 Å². The van der Waals surface area contributed by atoms with Crippen molar-refractivity contribution in [2.75, 3.05) is 26.9 Å². The van der Waals surface area contributed by atoms with E-state index in [4.69, 9.17) is 23.7 Å². The molecule has 250 valence electrons. The Hall–Kier alpha value is -4.57. The smallest absolute Gasteiger partial charge is 0.337 e. The molecule has 1 heterocycles. The van der Waals surface area contributed by atoms with Crippen molar-refractivity contribution in [3.05, 3.63) is 91.9 Å². The Kier molecular flexibility index (Phi) is 12.6. The van der Waals surface area contributed by atoms with Gasteiger partial charge in [-0.3, -0.25) is 5.43 Å². The lowest BCUT2D eigenvalue weighted by atomic mass is 9.95. The molecule has 0 saturated heterocycles. The Morgan fingerprint density at radius 2 is 1.81 bits per heavy atom. The Bertz CT molecular complexity index is 1650. The van der Waals surface area contributed by atoms with Crippen molar-refractivity contribution in [3.63, 3.8) is 0 Å². The molecule has 0 aromatic heterocycles. The van der Waals surface area contributed by atoms with Gasteiger partial charge in [0.15, 0.2) is 29.2 Å². The summed E-state index contributed by atoms with van der Waals surface area (Å²) in [6.45, 7) is 5.83. The number of urea groups is 1. The first-order valence-electron chi connectivity index (χ1n) is 14.7. The number of amides is 2. The number of nitrogens with one attached hydrogen (secondary N) is 3. The van der Waals surface area contributed by atoms with Crippen LogP contribution >= 0.6 is 22.6 Å². The van der Waals surface area contributed by atoms with Gasteiger partial charge in [0, 0.05) is 11.3 Å². The Morgan fingerprint density at radius 3 is 2.53 bits per heavy atom. The van der Waals surface area contributed by atoms with Crippen LogP contribution in [0.15, 0.2) is 71.0 Å². The molecule has 3 aromatic carbocycles. The molecule has 0 saturated carbocycles. The van der Waals surface area contributed by atoms with E-state index in [-0.39, 0.29) is 24.6 Å². The predicted octanol–water partition coefficient (Wildman–Crippen LogP) is 4.93. The number of ether oxygens (including phenoxy) is 5. The minimum Gasteiger partial charge on any atom is -0.490 e. The standard InChI is InChI=1S/C33H36FIN4O8/c1-5-44-26-15-21(30-29(32(41)43-4)19(3)37-33(42)38-30)11-12-25(26)46-18-28(40)39-36-16-20-13-24(35)31(27(14-20)45-6-2)47-17-22-9-7-8-10-23(22)34/h7-16,28,30,39-40H,5-6,17-18H2,1-4H3,(H2,37,38,42)/b36-16-/t28-,30-/m0/s1. The van der Waals surface area contributed by atoms with Gasteiger partial charge in [-0.25, -0.2) is 14.0 Å². The summed E-state index contributed by atoms with van der Waals surface area (Å²) in [5.41, 5.74) is 4.93. The zero-order valence-corrected chi connectivity index (χ0v) is 28.4. The van der Waals surface area contributed by atoms with Gasteiger partial charge in [-0.15, -0.1) is 0 Å². The highest BCUT2D eigenvalue weighted by atomic mass is 127. The highest BCUT2D eigenvalue weighted by molar-refractivity contribution is 14.1. The molecule has 0 unspecified atom stereocenters. The van der Waals surface area contributed by atoms with Gasteiger partial charge in [-0.1, -0.05) is 24.3 Å². The lowest BCUT2D eigenvalue weighted by Crippen LogP contribution is -2.45. The number of methoxy groups -OCH3 is 1. The van der Waals surface area contributed by atoms with E-state index in [1.54, 1.807) is 56.3 Å². The van der Waals surface area contributed by atoms with Crippen molar-refractivity contribution in [2.24, 2.45) is 5.10 Å². The normalized spacial score (nSPS) is 15.0. The third-order valence-corrected chi connectivity index (χ3v) is 7.57. The number of aliphatic hydroxyl groups is 1. The summed E-state index contributed by atoms with van der Waals surface area (Å²) in [6.07, 6.45) is 0.325. The molecule has 0 radical (unpaired) electrons. The molecule has 2 atom stereocenters. The largest absolute Gasteiger partial charge is 0.490 e. The molecule has 14 heteroatoms. The molecule has 0 spiro atoms. The van der Waals surface area contributed by atoms with E-state index in [0.29, 0.717) is 58.6 Å². The second-order valence-corrected chi connectivity index (χ2v) is 11.2. The molecule has 3 aromatic rings. The first-order valence-corrected chi connectivity index (χ1v) is 15.8. The fourth-order valence-electron chi connectivity index (χ4n) is 4.65. The number of esters is 1. The van der Waals surface area contributed by atoms with Crippen LogP contribution in [0, 0.1) is 9.39 Å². The number of hydrazone groups is 1. The van der Waals surface area contributed by atoms with E-state index in [9.17, 15) is 19.1 Å². The van der Waals surface area contributed by atoms with Crippen LogP contribution in [-0.4, -0.2) is 56.5 Å². The van der Waals surface area contributed by atoms with Crippen LogP contribution in [0.25, 0.3) is 0 Å². The number of aliphatic hydroxyl groups excluding tert-OH is 1. The van der Waals surface area contributed by atoms with E-state index < -0.39 is 24.3 Å². The number of benzene rings is 3. The lowest BCUT2D eigenvalue weighted by molar-refractivity contribution is -0.136. The van der Waals surface area contributed by atoms with Crippen LogP contribution in [-0.2, 0) is 16.1 Å². The molecular formula is C33H36FIN4O8. The Labute approximate surface area is 285 Å². The van der Waals surface area contributed by atoms with E-state index in [0.717, 1.165) is 3.57 Å². The quantitative estimate of drug-likeness (QED) is 0.0557. The minimum absolute atomic E-state index is 0.0392. The topological polar surface area (TPSA) is 149 Å². The summed E-state index contributed by atoms with van der Waals surface area (Å²) in [5, 5.41) is 20.0.